The molecule has 1 aromatic carbocycles. The van der Waals surface area contributed by atoms with Crippen LogP contribution in [0.5, 0.6) is 0 Å². The Hall–Kier alpha value is -2.11. The molecule has 2 amide bonds. The lowest BCUT2D eigenvalue weighted by atomic mass is 10.1. The highest BCUT2D eigenvalue weighted by Crippen LogP contribution is 2.33. The lowest BCUT2D eigenvalue weighted by Crippen LogP contribution is -2.50. The van der Waals surface area contributed by atoms with Crippen molar-refractivity contribution in [1.29, 1.82) is 0 Å². The Bertz CT molecular complexity index is 599. The zero-order valence-electron chi connectivity index (χ0n) is 12.6. The van der Waals surface area contributed by atoms with E-state index in [2.05, 4.69) is 5.32 Å². The van der Waals surface area contributed by atoms with Gasteiger partial charge < -0.3 is 10.2 Å². The van der Waals surface area contributed by atoms with Crippen molar-refractivity contribution in [2.24, 2.45) is 0 Å². The van der Waals surface area contributed by atoms with E-state index in [1.165, 1.54) is 17.0 Å². The van der Waals surface area contributed by atoms with Crippen molar-refractivity contribution >= 4 is 23.2 Å². The molecule has 0 saturated carbocycles. The van der Waals surface area contributed by atoms with Gasteiger partial charge in [-0.05, 0) is 37.5 Å². The lowest BCUT2D eigenvalue weighted by Gasteiger charge is -2.35. The molecule has 5 nitrogen and oxygen atoms in total. The summed E-state index contributed by atoms with van der Waals surface area (Å²) in [6.45, 7) is 3.43. The number of fused-ring (bicyclic) bond motifs is 1. The van der Waals surface area contributed by atoms with Crippen molar-refractivity contribution in [3.8, 4) is 0 Å². The Morgan fingerprint density at radius 2 is 2.09 bits per heavy atom. The molecule has 0 aliphatic carbocycles. The molecule has 2 aliphatic rings. The fraction of sp³-hybridized carbons (Fsp3) is 0.500. The van der Waals surface area contributed by atoms with Crippen molar-refractivity contribution in [2.45, 2.75) is 32.2 Å². The summed E-state index contributed by atoms with van der Waals surface area (Å²) in [5, 5.41) is 3.05. The standard InChI is InChI=1S/C16H20FN3O2/c1-2-12-16(22)20(10-15(21)19-7-3-4-8-19)14-6-5-11(17)9-13(14)18-12/h5-6,9,12,18H,2-4,7-8,10H2,1H3. The van der Waals surface area contributed by atoms with Crippen LogP contribution in [-0.4, -0.2) is 42.4 Å². The molecular formula is C16H20FN3O2. The van der Waals surface area contributed by atoms with Crippen LogP contribution in [0, 0.1) is 5.82 Å². The zero-order valence-corrected chi connectivity index (χ0v) is 12.6. The van der Waals surface area contributed by atoms with Crippen LogP contribution in [0.1, 0.15) is 26.2 Å². The molecule has 6 heteroatoms. The van der Waals surface area contributed by atoms with Crippen LogP contribution in [0.3, 0.4) is 0 Å². The smallest absolute Gasteiger partial charge is 0.250 e. The molecule has 1 aromatic rings. The fourth-order valence-corrected chi connectivity index (χ4v) is 3.06. The van der Waals surface area contributed by atoms with Gasteiger partial charge in [0.15, 0.2) is 0 Å². The number of carbonyl (C=O) groups excluding carboxylic acids is 2. The zero-order chi connectivity index (χ0) is 15.7. The van der Waals surface area contributed by atoms with E-state index in [0.717, 1.165) is 25.9 Å². The van der Waals surface area contributed by atoms with Gasteiger partial charge in [-0.15, -0.1) is 0 Å². The predicted octanol–water partition coefficient (Wildman–Crippen LogP) is 1.99. The summed E-state index contributed by atoms with van der Waals surface area (Å²) in [5.74, 6) is -0.534. The lowest BCUT2D eigenvalue weighted by molar-refractivity contribution is -0.130. The number of amides is 2. The average Bonchev–Trinajstić information content (AvgIpc) is 3.04. The van der Waals surface area contributed by atoms with Gasteiger partial charge in [0, 0.05) is 13.1 Å². The first-order valence-corrected chi connectivity index (χ1v) is 7.75. The normalized spacial score (nSPS) is 20.8. The van der Waals surface area contributed by atoms with Crippen molar-refractivity contribution in [1.82, 2.24) is 4.90 Å². The Morgan fingerprint density at radius 3 is 2.77 bits per heavy atom. The van der Waals surface area contributed by atoms with Crippen molar-refractivity contribution < 1.29 is 14.0 Å². The van der Waals surface area contributed by atoms with Crippen LogP contribution < -0.4 is 10.2 Å². The molecule has 1 atom stereocenters. The van der Waals surface area contributed by atoms with Crippen molar-refractivity contribution in [2.75, 3.05) is 29.9 Å². The molecule has 1 unspecified atom stereocenters. The minimum Gasteiger partial charge on any atom is -0.372 e. The number of benzene rings is 1. The van der Waals surface area contributed by atoms with Crippen LogP contribution in [0.4, 0.5) is 15.8 Å². The van der Waals surface area contributed by atoms with Gasteiger partial charge >= 0.3 is 0 Å². The number of nitrogens with zero attached hydrogens (tertiary/aromatic N) is 2. The van der Waals surface area contributed by atoms with E-state index in [4.69, 9.17) is 0 Å². The second-order valence-corrected chi connectivity index (χ2v) is 5.78. The van der Waals surface area contributed by atoms with Gasteiger partial charge in [0.05, 0.1) is 11.4 Å². The maximum absolute atomic E-state index is 13.4. The van der Waals surface area contributed by atoms with E-state index in [9.17, 15) is 14.0 Å². The first-order valence-electron chi connectivity index (χ1n) is 7.75. The maximum atomic E-state index is 13.4. The van der Waals surface area contributed by atoms with E-state index in [0.29, 0.717) is 17.8 Å². The summed E-state index contributed by atoms with van der Waals surface area (Å²) in [7, 11) is 0. The van der Waals surface area contributed by atoms with Gasteiger partial charge in [-0.3, -0.25) is 14.5 Å². The molecule has 2 heterocycles. The number of halogens is 1. The summed E-state index contributed by atoms with van der Waals surface area (Å²) in [5.41, 5.74) is 1.14. The van der Waals surface area contributed by atoms with Crippen LogP contribution in [0.2, 0.25) is 0 Å². The second-order valence-electron chi connectivity index (χ2n) is 5.78. The topological polar surface area (TPSA) is 52.7 Å². The van der Waals surface area contributed by atoms with Crippen molar-refractivity contribution in [3.63, 3.8) is 0 Å². The molecule has 0 radical (unpaired) electrons. The van der Waals surface area contributed by atoms with Gasteiger partial charge in [-0.2, -0.15) is 0 Å². The molecule has 118 valence electrons. The number of likely N-dealkylation sites (tertiary alicyclic amines) is 1. The number of rotatable bonds is 3. The summed E-state index contributed by atoms with van der Waals surface area (Å²) in [6, 6.07) is 3.82. The summed E-state index contributed by atoms with van der Waals surface area (Å²) >= 11 is 0. The number of hydrogen-bond acceptors (Lipinski definition) is 3. The molecule has 0 spiro atoms. The number of nitrogens with one attached hydrogen (secondary N) is 1. The van der Waals surface area contributed by atoms with Crippen molar-refractivity contribution in [3.05, 3.63) is 24.0 Å². The fourth-order valence-electron chi connectivity index (χ4n) is 3.06. The highest BCUT2D eigenvalue weighted by atomic mass is 19.1. The van der Waals surface area contributed by atoms with E-state index < -0.39 is 6.04 Å². The predicted molar refractivity (Wildman–Crippen MR) is 82.3 cm³/mol. The summed E-state index contributed by atoms with van der Waals surface area (Å²) in [6.07, 6.45) is 2.62. The minimum absolute atomic E-state index is 0.0235. The molecule has 2 aliphatic heterocycles. The molecule has 1 fully saturated rings. The molecule has 0 aromatic heterocycles. The van der Waals surface area contributed by atoms with Crippen LogP contribution in [0.25, 0.3) is 0 Å². The van der Waals surface area contributed by atoms with Crippen LogP contribution in [0.15, 0.2) is 18.2 Å². The number of carbonyl (C=O) groups is 2. The third-order valence-electron chi connectivity index (χ3n) is 4.30. The Kier molecular flexibility index (Phi) is 4.00. The monoisotopic (exact) mass is 305 g/mol. The van der Waals surface area contributed by atoms with Crippen LogP contribution in [-0.2, 0) is 9.59 Å². The Labute approximate surface area is 129 Å². The Morgan fingerprint density at radius 1 is 1.36 bits per heavy atom. The van der Waals surface area contributed by atoms with Gasteiger partial charge in [0.1, 0.15) is 18.4 Å². The Balaban J connectivity index is 1.87. The van der Waals surface area contributed by atoms with Gasteiger partial charge in [0.2, 0.25) is 11.8 Å². The third-order valence-corrected chi connectivity index (χ3v) is 4.30. The molecule has 0 bridgehead atoms. The van der Waals surface area contributed by atoms with E-state index in [1.807, 2.05) is 6.92 Å². The average molecular weight is 305 g/mol. The number of hydrogen-bond donors (Lipinski definition) is 1. The first-order chi connectivity index (χ1) is 10.6. The van der Waals surface area contributed by atoms with Gasteiger partial charge in [-0.25, -0.2) is 4.39 Å². The molecule has 3 rings (SSSR count). The van der Waals surface area contributed by atoms with Gasteiger partial charge in [-0.1, -0.05) is 6.92 Å². The third kappa shape index (κ3) is 2.65. The SMILES string of the molecule is CCC1Nc2cc(F)ccc2N(CC(=O)N2CCCC2)C1=O. The van der Waals surface area contributed by atoms with E-state index in [-0.39, 0.29) is 24.2 Å². The summed E-state index contributed by atoms with van der Waals surface area (Å²) in [4.78, 5) is 28.2. The molecular weight excluding hydrogens is 285 g/mol. The maximum Gasteiger partial charge on any atom is 0.250 e. The van der Waals surface area contributed by atoms with E-state index >= 15 is 0 Å². The highest BCUT2D eigenvalue weighted by Gasteiger charge is 2.33. The highest BCUT2D eigenvalue weighted by molar-refractivity contribution is 6.07. The first kappa shape index (κ1) is 14.8. The number of anilines is 2. The summed E-state index contributed by atoms with van der Waals surface area (Å²) < 4.78 is 13.4. The molecule has 1 saturated heterocycles. The molecule has 22 heavy (non-hydrogen) atoms. The molecule has 1 N–H and O–H groups in total. The quantitative estimate of drug-likeness (QED) is 0.929. The second kappa shape index (κ2) is 5.94. The van der Waals surface area contributed by atoms with Gasteiger partial charge in [0.25, 0.3) is 0 Å². The van der Waals surface area contributed by atoms with Crippen LogP contribution >= 0.6 is 0 Å². The minimum atomic E-state index is -0.416. The van der Waals surface area contributed by atoms with E-state index in [1.54, 1.807) is 11.0 Å². The largest absolute Gasteiger partial charge is 0.372 e.